The lowest BCUT2D eigenvalue weighted by Crippen LogP contribution is -2.48. The Kier molecular flexibility index (Phi) is 5.22. The van der Waals surface area contributed by atoms with Gasteiger partial charge in [-0.15, -0.1) is 0 Å². The zero-order valence-corrected chi connectivity index (χ0v) is 14.4. The number of carbonyl (C=O) groups is 1. The summed E-state index contributed by atoms with van der Waals surface area (Å²) in [4.78, 5) is 16.6. The molecule has 0 bridgehead atoms. The van der Waals surface area contributed by atoms with Gasteiger partial charge < -0.3 is 10.0 Å². The molecule has 6 heteroatoms. The van der Waals surface area contributed by atoms with Gasteiger partial charge in [0.25, 0.3) is 5.91 Å². The first-order chi connectivity index (χ1) is 12.1. The van der Waals surface area contributed by atoms with E-state index in [9.17, 15) is 9.90 Å². The lowest BCUT2D eigenvalue weighted by molar-refractivity contribution is 0.0625. The third-order valence-corrected chi connectivity index (χ3v) is 4.57. The number of carbonyl (C=O) groups excluding carboxylic acids is 1. The molecule has 1 saturated heterocycles. The van der Waals surface area contributed by atoms with Crippen LogP contribution in [0.2, 0.25) is 5.02 Å². The molecule has 0 aromatic heterocycles. The number of amides is 1. The maximum Gasteiger partial charge on any atom is 0.257 e. The number of rotatable bonds is 3. The number of halogens is 1. The fourth-order valence-electron chi connectivity index (χ4n) is 2.90. The Morgan fingerprint density at radius 1 is 1.12 bits per heavy atom. The molecule has 1 aliphatic rings. The van der Waals surface area contributed by atoms with E-state index in [0.717, 1.165) is 25.2 Å². The maximum absolute atomic E-state index is 12.6. The van der Waals surface area contributed by atoms with Crippen LogP contribution in [0.3, 0.4) is 0 Å². The summed E-state index contributed by atoms with van der Waals surface area (Å²) in [6.45, 7) is 3.50. The smallest absolute Gasteiger partial charge is 0.257 e. The molecule has 1 amide bonds. The summed E-state index contributed by atoms with van der Waals surface area (Å²) in [5.74, 6) is -0.243. The van der Waals surface area contributed by atoms with Crippen molar-refractivity contribution >= 4 is 17.5 Å². The van der Waals surface area contributed by atoms with Gasteiger partial charge in [-0.2, -0.15) is 5.26 Å². The highest BCUT2D eigenvalue weighted by Gasteiger charge is 2.24. The van der Waals surface area contributed by atoms with Crippen LogP contribution in [0.5, 0.6) is 5.75 Å². The standard InChI is InChI=1S/C19H18ClN3O2/c20-16-5-6-18(24)17(11-16)19(25)23-9-7-22(8-10-23)13-15-3-1-14(12-21)2-4-15/h1-6,11,24H,7-10,13H2. The SMILES string of the molecule is N#Cc1ccc(CN2CCN(C(=O)c3cc(Cl)ccc3O)CC2)cc1. The normalized spacial score (nSPS) is 15.0. The molecule has 1 fully saturated rings. The first-order valence-electron chi connectivity index (χ1n) is 8.06. The monoisotopic (exact) mass is 355 g/mol. The largest absolute Gasteiger partial charge is 0.507 e. The Labute approximate surface area is 151 Å². The highest BCUT2D eigenvalue weighted by molar-refractivity contribution is 6.31. The van der Waals surface area contributed by atoms with Crippen LogP contribution in [0.15, 0.2) is 42.5 Å². The van der Waals surface area contributed by atoms with Gasteiger partial charge in [0.15, 0.2) is 0 Å². The molecule has 0 atom stereocenters. The minimum absolute atomic E-state index is 0.0468. The maximum atomic E-state index is 12.6. The quantitative estimate of drug-likeness (QED) is 0.919. The minimum Gasteiger partial charge on any atom is -0.507 e. The van der Waals surface area contributed by atoms with E-state index in [1.54, 1.807) is 11.0 Å². The van der Waals surface area contributed by atoms with Gasteiger partial charge in [0.05, 0.1) is 17.2 Å². The molecule has 1 N–H and O–H groups in total. The average Bonchev–Trinajstić information content (AvgIpc) is 2.64. The summed E-state index contributed by atoms with van der Waals surface area (Å²) in [7, 11) is 0. The molecule has 0 radical (unpaired) electrons. The van der Waals surface area contributed by atoms with E-state index in [4.69, 9.17) is 16.9 Å². The number of hydrogen-bond donors (Lipinski definition) is 1. The van der Waals surface area contributed by atoms with Crippen molar-refractivity contribution in [2.75, 3.05) is 26.2 Å². The van der Waals surface area contributed by atoms with Gasteiger partial charge >= 0.3 is 0 Å². The number of piperazine rings is 1. The molecule has 2 aromatic carbocycles. The lowest BCUT2D eigenvalue weighted by atomic mass is 10.1. The van der Waals surface area contributed by atoms with Gasteiger partial charge in [-0.25, -0.2) is 0 Å². The second kappa shape index (κ2) is 7.56. The summed E-state index contributed by atoms with van der Waals surface area (Å²) >= 11 is 5.92. The second-order valence-corrected chi connectivity index (χ2v) is 6.47. The number of phenolic OH excluding ortho intramolecular Hbond substituents is 1. The van der Waals surface area contributed by atoms with E-state index >= 15 is 0 Å². The van der Waals surface area contributed by atoms with Crippen molar-refractivity contribution in [1.29, 1.82) is 5.26 Å². The van der Waals surface area contributed by atoms with Crippen molar-refractivity contribution in [3.63, 3.8) is 0 Å². The van der Waals surface area contributed by atoms with Gasteiger partial charge in [-0.1, -0.05) is 23.7 Å². The van der Waals surface area contributed by atoms with Crippen LogP contribution in [0.25, 0.3) is 0 Å². The van der Waals surface area contributed by atoms with Gasteiger partial charge in [0, 0.05) is 37.7 Å². The molecule has 2 aromatic rings. The molecular weight excluding hydrogens is 338 g/mol. The Bertz CT molecular complexity index is 806. The summed E-state index contributed by atoms with van der Waals surface area (Å²) in [5.41, 5.74) is 2.04. The molecular formula is C19H18ClN3O2. The predicted octanol–water partition coefficient (Wildman–Crippen LogP) is 2.88. The van der Waals surface area contributed by atoms with E-state index < -0.39 is 0 Å². The van der Waals surface area contributed by atoms with Gasteiger partial charge in [0.2, 0.25) is 0 Å². The highest BCUT2D eigenvalue weighted by atomic mass is 35.5. The molecule has 0 saturated carbocycles. The average molecular weight is 356 g/mol. The third-order valence-electron chi connectivity index (χ3n) is 4.34. The van der Waals surface area contributed by atoms with Gasteiger partial charge in [0.1, 0.15) is 5.75 Å². The van der Waals surface area contributed by atoms with E-state index in [2.05, 4.69) is 11.0 Å². The summed E-state index contributed by atoms with van der Waals surface area (Å²) < 4.78 is 0. The fourth-order valence-corrected chi connectivity index (χ4v) is 3.07. The zero-order valence-electron chi connectivity index (χ0n) is 13.7. The zero-order chi connectivity index (χ0) is 17.8. The number of aromatic hydroxyl groups is 1. The van der Waals surface area contributed by atoms with Crippen molar-refractivity contribution in [2.24, 2.45) is 0 Å². The van der Waals surface area contributed by atoms with Crippen LogP contribution in [0.4, 0.5) is 0 Å². The van der Waals surface area contributed by atoms with E-state index in [-0.39, 0.29) is 17.2 Å². The molecule has 3 rings (SSSR count). The third kappa shape index (κ3) is 4.11. The van der Waals surface area contributed by atoms with Crippen molar-refractivity contribution < 1.29 is 9.90 Å². The summed E-state index contributed by atoms with van der Waals surface area (Å²) in [6, 6.07) is 14.2. The fraction of sp³-hybridized carbons (Fsp3) is 0.263. The van der Waals surface area contributed by atoms with E-state index in [0.29, 0.717) is 23.7 Å². The number of benzene rings is 2. The summed E-state index contributed by atoms with van der Waals surface area (Å²) in [6.07, 6.45) is 0. The Hall–Kier alpha value is -2.55. The molecule has 5 nitrogen and oxygen atoms in total. The van der Waals surface area contributed by atoms with Crippen LogP contribution < -0.4 is 0 Å². The number of nitriles is 1. The first kappa shape index (κ1) is 17.3. The minimum atomic E-state index is -0.196. The van der Waals surface area contributed by atoms with Crippen LogP contribution in [0.1, 0.15) is 21.5 Å². The molecule has 0 aliphatic carbocycles. The first-order valence-corrected chi connectivity index (χ1v) is 8.44. The number of phenols is 1. The van der Waals surface area contributed by atoms with E-state index in [1.807, 2.05) is 24.3 Å². The van der Waals surface area contributed by atoms with Crippen LogP contribution in [-0.4, -0.2) is 47.0 Å². The molecule has 1 aliphatic heterocycles. The van der Waals surface area contributed by atoms with Crippen molar-refractivity contribution in [3.05, 3.63) is 64.2 Å². The number of nitrogens with zero attached hydrogens (tertiary/aromatic N) is 3. The molecule has 0 spiro atoms. The number of hydrogen-bond acceptors (Lipinski definition) is 4. The van der Waals surface area contributed by atoms with Crippen molar-refractivity contribution in [3.8, 4) is 11.8 Å². The molecule has 128 valence electrons. The lowest BCUT2D eigenvalue weighted by Gasteiger charge is -2.35. The Balaban J connectivity index is 1.58. The predicted molar refractivity (Wildman–Crippen MR) is 95.5 cm³/mol. The van der Waals surface area contributed by atoms with Crippen LogP contribution >= 0.6 is 11.6 Å². The van der Waals surface area contributed by atoms with Crippen LogP contribution in [-0.2, 0) is 6.54 Å². The summed E-state index contributed by atoms with van der Waals surface area (Å²) in [5, 5.41) is 19.2. The van der Waals surface area contributed by atoms with Crippen molar-refractivity contribution in [2.45, 2.75) is 6.54 Å². The second-order valence-electron chi connectivity index (χ2n) is 6.04. The highest BCUT2D eigenvalue weighted by Crippen LogP contribution is 2.23. The van der Waals surface area contributed by atoms with E-state index in [1.165, 1.54) is 12.1 Å². The molecule has 25 heavy (non-hydrogen) atoms. The van der Waals surface area contributed by atoms with Crippen molar-refractivity contribution in [1.82, 2.24) is 9.80 Å². The Morgan fingerprint density at radius 3 is 2.44 bits per heavy atom. The Morgan fingerprint density at radius 2 is 1.80 bits per heavy atom. The van der Waals surface area contributed by atoms with Crippen LogP contribution in [0, 0.1) is 11.3 Å². The van der Waals surface area contributed by atoms with Gasteiger partial charge in [-0.05, 0) is 35.9 Å². The molecule has 1 heterocycles. The topological polar surface area (TPSA) is 67.6 Å². The molecule has 0 unspecified atom stereocenters. The van der Waals surface area contributed by atoms with Gasteiger partial charge in [-0.3, -0.25) is 9.69 Å².